The second-order valence-corrected chi connectivity index (χ2v) is 11.7. The zero-order valence-electron chi connectivity index (χ0n) is 22.3. The Morgan fingerprint density at radius 2 is 1.69 bits per heavy atom. The van der Waals surface area contributed by atoms with Crippen LogP contribution < -0.4 is 25.4 Å². The number of H-pyrrole nitrogens is 2. The standard InChI is InChI=1S/C28H30F3N5O5S/c29-28(30,31)18-4-10-23(11-5-18)42(39,40)35-20-6-8-21(9-7-20)36-14-12-19(13-15-36)32-16-22(37)17-41-25-3-1-2-24-26(25)34-27(38)33-24/h1-11,19,22,32,35,37H,12-17H2,(H2,33,34,38)/t22-/m0/s1. The van der Waals surface area contributed by atoms with E-state index < -0.39 is 27.9 Å². The minimum Gasteiger partial charge on any atom is -0.489 e. The number of hydrogen-bond donors (Lipinski definition) is 5. The highest BCUT2D eigenvalue weighted by atomic mass is 32.2. The predicted molar refractivity (Wildman–Crippen MR) is 152 cm³/mol. The van der Waals surface area contributed by atoms with Crippen LogP contribution in [0.25, 0.3) is 11.0 Å². The van der Waals surface area contributed by atoms with Gasteiger partial charge in [-0.2, -0.15) is 13.2 Å². The first kappa shape index (κ1) is 29.5. The van der Waals surface area contributed by atoms with E-state index in [0.717, 1.165) is 55.9 Å². The second kappa shape index (κ2) is 12.1. The van der Waals surface area contributed by atoms with Crippen LogP contribution in [-0.2, 0) is 16.2 Å². The summed E-state index contributed by atoms with van der Waals surface area (Å²) in [6, 6.07) is 15.6. The summed E-state index contributed by atoms with van der Waals surface area (Å²) < 4.78 is 71.7. The topological polar surface area (TPSA) is 140 Å². The summed E-state index contributed by atoms with van der Waals surface area (Å²) in [5.41, 5.74) is 1.15. The van der Waals surface area contributed by atoms with Crippen LogP contribution in [0.2, 0.25) is 0 Å². The van der Waals surface area contributed by atoms with Crippen LogP contribution in [0.1, 0.15) is 18.4 Å². The minimum atomic E-state index is -4.55. The van der Waals surface area contributed by atoms with Crippen molar-refractivity contribution < 1.29 is 31.4 Å². The van der Waals surface area contributed by atoms with Crippen molar-refractivity contribution in [2.24, 2.45) is 0 Å². The Hall–Kier alpha value is -4.01. The van der Waals surface area contributed by atoms with E-state index >= 15 is 0 Å². The number of sulfonamides is 1. The molecule has 0 unspecified atom stereocenters. The Bertz CT molecular complexity index is 1660. The lowest BCUT2D eigenvalue weighted by Gasteiger charge is -2.34. The SMILES string of the molecule is O=c1[nH]c2cccc(OC[C@@H](O)CNC3CCN(c4ccc(NS(=O)(=O)c5ccc(C(F)(F)F)cc5)cc4)CC3)c2[nH]1. The molecular formula is C28H30F3N5O5S. The third-order valence-corrected chi connectivity index (χ3v) is 8.46. The molecule has 1 aliphatic heterocycles. The Kier molecular flexibility index (Phi) is 8.48. The van der Waals surface area contributed by atoms with Crippen molar-refractivity contribution in [1.29, 1.82) is 0 Å². The fraction of sp³-hybridized carbons (Fsp3) is 0.321. The number of nitrogens with one attached hydrogen (secondary N) is 4. The van der Waals surface area contributed by atoms with Gasteiger partial charge in [-0.3, -0.25) is 4.72 Å². The van der Waals surface area contributed by atoms with Crippen LogP contribution in [0.3, 0.4) is 0 Å². The molecule has 0 radical (unpaired) electrons. The van der Waals surface area contributed by atoms with Crippen molar-refractivity contribution in [2.75, 3.05) is 35.9 Å². The van der Waals surface area contributed by atoms with Crippen molar-refractivity contribution >= 4 is 32.4 Å². The van der Waals surface area contributed by atoms with E-state index in [9.17, 15) is 31.5 Å². The van der Waals surface area contributed by atoms with Crippen molar-refractivity contribution in [3.63, 3.8) is 0 Å². The van der Waals surface area contributed by atoms with Gasteiger partial charge in [-0.05, 0) is 73.5 Å². The molecule has 0 saturated carbocycles. The first-order valence-electron chi connectivity index (χ1n) is 13.3. The highest BCUT2D eigenvalue weighted by Gasteiger charge is 2.30. The molecule has 1 fully saturated rings. The Morgan fingerprint density at radius 3 is 2.36 bits per heavy atom. The lowest BCUT2D eigenvalue weighted by atomic mass is 10.0. The predicted octanol–water partition coefficient (Wildman–Crippen LogP) is 3.67. The summed E-state index contributed by atoms with van der Waals surface area (Å²) in [5, 5.41) is 13.8. The highest BCUT2D eigenvalue weighted by Crippen LogP contribution is 2.30. The van der Waals surface area contributed by atoms with Crippen molar-refractivity contribution in [1.82, 2.24) is 15.3 Å². The number of aliphatic hydroxyl groups is 1. The molecule has 0 bridgehead atoms. The summed E-state index contributed by atoms with van der Waals surface area (Å²) in [5.74, 6) is 0.483. The van der Waals surface area contributed by atoms with Gasteiger partial charge in [0.25, 0.3) is 10.0 Å². The van der Waals surface area contributed by atoms with Crippen LogP contribution in [0.15, 0.2) is 76.4 Å². The van der Waals surface area contributed by atoms with Crippen molar-refractivity contribution in [3.05, 3.63) is 82.8 Å². The van der Waals surface area contributed by atoms with Crippen molar-refractivity contribution in [2.45, 2.75) is 36.1 Å². The quantitative estimate of drug-likeness (QED) is 0.186. The Labute approximate surface area is 239 Å². The number of piperidine rings is 1. The maximum absolute atomic E-state index is 12.8. The monoisotopic (exact) mass is 605 g/mol. The van der Waals surface area contributed by atoms with Crippen molar-refractivity contribution in [3.8, 4) is 5.75 Å². The zero-order valence-corrected chi connectivity index (χ0v) is 23.1. The highest BCUT2D eigenvalue weighted by molar-refractivity contribution is 7.92. The van der Waals surface area contributed by atoms with E-state index in [-0.39, 0.29) is 23.2 Å². The normalized spacial score (nSPS) is 15.6. The van der Waals surface area contributed by atoms with Gasteiger partial charge in [0.2, 0.25) is 0 Å². The largest absolute Gasteiger partial charge is 0.489 e. The summed E-state index contributed by atoms with van der Waals surface area (Å²) in [6.45, 7) is 1.92. The molecule has 4 aromatic rings. The number of aliphatic hydroxyl groups excluding tert-OH is 1. The number of fused-ring (bicyclic) bond motifs is 1. The van der Waals surface area contributed by atoms with E-state index in [1.807, 2.05) is 0 Å². The maximum atomic E-state index is 12.8. The number of ether oxygens (including phenoxy) is 1. The number of hydrogen-bond acceptors (Lipinski definition) is 7. The molecule has 42 heavy (non-hydrogen) atoms. The van der Waals surface area contributed by atoms with Gasteiger partial charge in [0, 0.05) is 37.1 Å². The van der Waals surface area contributed by atoms with Gasteiger partial charge < -0.3 is 30.0 Å². The fourth-order valence-corrected chi connectivity index (χ4v) is 5.88. The molecule has 5 N–H and O–H groups in total. The molecule has 2 heterocycles. The molecule has 10 nitrogen and oxygen atoms in total. The van der Waals surface area contributed by atoms with Gasteiger partial charge in [0.1, 0.15) is 24.0 Å². The Balaban J connectivity index is 1.07. The summed E-state index contributed by atoms with van der Waals surface area (Å²) >= 11 is 0. The third kappa shape index (κ3) is 7.06. The van der Waals surface area contributed by atoms with E-state index in [1.165, 1.54) is 0 Å². The second-order valence-electron chi connectivity index (χ2n) is 10.1. The van der Waals surface area contributed by atoms with Crippen LogP contribution >= 0.6 is 0 Å². The molecule has 224 valence electrons. The van der Waals surface area contributed by atoms with Crippen LogP contribution in [0.4, 0.5) is 24.5 Å². The number of alkyl halides is 3. The Morgan fingerprint density at radius 1 is 1.00 bits per heavy atom. The molecule has 0 spiro atoms. The molecule has 3 aromatic carbocycles. The average molecular weight is 606 g/mol. The number of rotatable bonds is 10. The molecule has 14 heteroatoms. The summed E-state index contributed by atoms with van der Waals surface area (Å²) in [6.07, 6.45) is -3.63. The van der Waals surface area contributed by atoms with Crippen LogP contribution in [0.5, 0.6) is 5.75 Å². The van der Waals surface area contributed by atoms with E-state index in [2.05, 4.69) is 24.9 Å². The molecular weight excluding hydrogens is 575 g/mol. The lowest BCUT2D eigenvalue weighted by Crippen LogP contribution is -2.45. The van der Waals surface area contributed by atoms with Gasteiger partial charge in [0.05, 0.1) is 16.0 Å². The number of imidazole rings is 1. The fourth-order valence-electron chi connectivity index (χ4n) is 4.82. The number of nitrogens with zero attached hydrogens (tertiary/aromatic N) is 1. The maximum Gasteiger partial charge on any atom is 0.416 e. The first-order valence-corrected chi connectivity index (χ1v) is 14.8. The summed E-state index contributed by atoms with van der Waals surface area (Å²) in [7, 11) is -4.05. The van der Waals surface area contributed by atoms with Gasteiger partial charge in [-0.15, -0.1) is 0 Å². The summed E-state index contributed by atoms with van der Waals surface area (Å²) in [4.78, 5) is 18.8. The number of anilines is 2. The van der Waals surface area contributed by atoms with Gasteiger partial charge in [0.15, 0.2) is 0 Å². The number of halogens is 3. The lowest BCUT2D eigenvalue weighted by molar-refractivity contribution is -0.137. The smallest absolute Gasteiger partial charge is 0.416 e. The number of para-hydroxylation sites is 1. The zero-order chi connectivity index (χ0) is 29.9. The molecule has 1 aliphatic rings. The average Bonchev–Trinajstić information content (AvgIpc) is 3.36. The van der Waals surface area contributed by atoms with E-state index in [0.29, 0.717) is 29.0 Å². The minimum absolute atomic E-state index is 0.0626. The van der Waals surface area contributed by atoms with Crippen LogP contribution in [0, 0.1) is 0 Å². The first-order chi connectivity index (χ1) is 20.0. The van der Waals surface area contributed by atoms with E-state index in [1.54, 1.807) is 42.5 Å². The third-order valence-electron chi connectivity index (χ3n) is 7.06. The molecule has 1 atom stereocenters. The number of aromatic nitrogens is 2. The molecule has 0 aliphatic carbocycles. The molecule has 1 saturated heterocycles. The van der Waals surface area contributed by atoms with Gasteiger partial charge in [-0.1, -0.05) is 6.07 Å². The molecule has 1 aromatic heterocycles. The van der Waals surface area contributed by atoms with Gasteiger partial charge in [-0.25, -0.2) is 13.2 Å². The van der Waals surface area contributed by atoms with Gasteiger partial charge >= 0.3 is 11.9 Å². The number of benzene rings is 3. The van der Waals surface area contributed by atoms with Crippen LogP contribution in [-0.4, -0.2) is 61.9 Å². The van der Waals surface area contributed by atoms with E-state index in [4.69, 9.17) is 4.74 Å². The number of aromatic amines is 2. The molecule has 0 amide bonds. The molecule has 5 rings (SSSR count).